The smallest absolute Gasteiger partial charge is 0.228 e. The summed E-state index contributed by atoms with van der Waals surface area (Å²) >= 11 is 1.37. The van der Waals surface area contributed by atoms with Gasteiger partial charge < -0.3 is 10.1 Å². The molecule has 5 heteroatoms. The normalized spacial score (nSPS) is 10.2. The standard InChI is InChI=1S/C11H16N2O2S/c1-5-15-8(4)9-6-16-11(12-9)13-10(14)7(2)3/h6-7H,4-5H2,1-3H3,(H,12,13,14). The Morgan fingerprint density at radius 3 is 2.94 bits per heavy atom. The summed E-state index contributed by atoms with van der Waals surface area (Å²) in [6, 6.07) is 0. The second-order valence-electron chi connectivity index (χ2n) is 3.54. The number of ether oxygens (including phenoxy) is 1. The van der Waals surface area contributed by atoms with Crippen molar-refractivity contribution in [1.29, 1.82) is 0 Å². The van der Waals surface area contributed by atoms with E-state index in [1.54, 1.807) is 0 Å². The van der Waals surface area contributed by atoms with Crippen molar-refractivity contribution in [3.05, 3.63) is 17.7 Å². The third-order valence-electron chi connectivity index (χ3n) is 1.86. The summed E-state index contributed by atoms with van der Waals surface area (Å²) in [6.07, 6.45) is 0. The van der Waals surface area contributed by atoms with Crippen molar-refractivity contribution >= 4 is 28.1 Å². The van der Waals surface area contributed by atoms with E-state index in [4.69, 9.17) is 4.74 Å². The molecule has 0 aliphatic rings. The molecule has 88 valence electrons. The number of hydrogen-bond acceptors (Lipinski definition) is 4. The van der Waals surface area contributed by atoms with Crippen LogP contribution >= 0.6 is 11.3 Å². The molecule has 0 atom stereocenters. The average molecular weight is 240 g/mol. The van der Waals surface area contributed by atoms with Gasteiger partial charge in [-0.15, -0.1) is 11.3 Å². The minimum absolute atomic E-state index is 0.0390. The summed E-state index contributed by atoms with van der Waals surface area (Å²) in [6.45, 7) is 9.87. The van der Waals surface area contributed by atoms with Gasteiger partial charge >= 0.3 is 0 Å². The number of thiazole rings is 1. The van der Waals surface area contributed by atoms with Crippen molar-refractivity contribution in [2.45, 2.75) is 20.8 Å². The fraction of sp³-hybridized carbons (Fsp3) is 0.455. The number of aromatic nitrogens is 1. The molecule has 0 bridgehead atoms. The maximum Gasteiger partial charge on any atom is 0.228 e. The number of nitrogens with one attached hydrogen (secondary N) is 1. The van der Waals surface area contributed by atoms with Crippen molar-refractivity contribution in [3.63, 3.8) is 0 Å². The second-order valence-corrected chi connectivity index (χ2v) is 4.40. The molecule has 0 fully saturated rings. The highest BCUT2D eigenvalue weighted by Gasteiger charge is 2.11. The number of carbonyl (C=O) groups is 1. The van der Waals surface area contributed by atoms with Gasteiger partial charge in [-0.2, -0.15) is 0 Å². The molecule has 1 rings (SSSR count). The van der Waals surface area contributed by atoms with E-state index in [9.17, 15) is 4.79 Å². The van der Waals surface area contributed by atoms with Gasteiger partial charge in [0.15, 0.2) is 5.13 Å². The topological polar surface area (TPSA) is 51.2 Å². The zero-order chi connectivity index (χ0) is 12.1. The number of carbonyl (C=O) groups excluding carboxylic acids is 1. The van der Waals surface area contributed by atoms with Crippen LogP contribution in [0.3, 0.4) is 0 Å². The van der Waals surface area contributed by atoms with E-state index in [-0.39, 0.29) is 11.8 Å². The van der Waals surface area contributed by atoms with Gasteiger partial charge in [-0.25, -0.2) is 4.98 Å². The molecule has 0 aliphatic carbocycles. The fourth-order valence-corrected chi connectivity index (χ4v) is 1.68. The molecular formula is C11H16N2O2S. The maximum atomic E-state index is 11.4. The summed E-state index contributed by atoms with van der Waals surface area (Å²) in [5, 5.41) is 5.12. The lowest BCUT2D eigenvalue weighted by atomic mass is 10.2. The molecule has 1 heterocycles. The Balaban J connectivity index is 2.65. The summed E-state index contributed by atoms with van der Waals surface area (Å²) in [5.74, 6) is 0.439. The highest BCUT2D eigenvalue weighted by molar-refractivity contribution is 7.14. The molecular weight excluding hydrogens is 224 g/mol. The van der Waals surface area contributed by atoms with Crippen molar-refractivity contribution < 1.29 is 9.53 Å². The number of nitrogens with zero attached hydrogens (tertiary/aromatic N) is 1. The quantitative estimate of drug-likeness (QED) is 0.805. The Kier molecular flexibility index (Phi) is 4.49. The first-order valence-electron chi connectivity index (χ1n) is 5.13. The van der Waals surface area contributed by atoms with E-state index >= 15 is 0 Å². The number of anilines is 1. The molecule has 4 nitrogen and oxygen atoms in total. The largest absolute Gasteiger partial charge is 0.492 e. The van der Waals surface area contributed by atoms with Gasteiger partial charge in [0.2, 0.25) is 5.91 Å². The Bertz CT molecular complexity index is 385. The SMILES string of the molecule is C=C(OCC)c1csc(NC(=O)C(C)C)n1. The molecule has 0 aliphatic heterocycles. The summed E-state index contributed by atoms with van der Waals surface area (Å²) < 4.78 is 5.23. The summed E-state index contributed by atoms with van der Waals surface area (Å²) in [7, 11) is 0. The first-order valence-corrected chi connectivity index (χ1v) is 6.01. The van der Waals surface area contributed by atoms with Gasteiger partial charge in [0.1, 0.15) is 11.5 Å². The van der Waals surface area contributed by atoms with Crippen LogP contribution in [0.25, 0.3) is 5.76 Å². The summed E-state index contributed by atoms with van der Waals surface area (Å²) in [5.41, 5.74) is 0.672. The molecule has 0 radical (unpaired) electrons. The summed E-state index contributed by atoms with van der Waals surface area (Å²) in [4.78, 5) is 15.6. The van der Waals surface area contributed by atoms with Gasteiger partial charge in [-0.05, 0) is 6.92 Å². The van der Waals surface area contributed by atoms with Crippen molar-refractivity contribution in [2.24, 2.45) is 5.92 Å². The minimum Gasteiger partial charge on any atom is -0.492 e. The first-order chi connectivity index (χ1) is 7.54. The van der Waals surface area contributed by atoms with Crippen LogP contribution in [0.2, 0.25) is 0 Å². The molecule has 0 spiro atoms. The van der Waals surface area contributed by atoms with Gasteiger partial charge in [0.25, 0.3) is 0 Å². The zero-order valence-corrected chi connectivity index (χ0v) is 10.6. The number of hydrogen-bond donors (Lipinski definition) is 1. The Labute approximate surface area is 99.3 Å². The molecule has 1 aromatic heterocycles. The lowest BCUT2D eigenvalue weighted by molar-refractivity contribution is -0.118. The predicted molar refractivity (Wildman–Crippen MR) is 66.2 cm³/mol. The van der Waals surface area contributed by atoms with E-state index in [1.807, 2.05) is 26.2 Å². The Morgan fingerprint density at radius 2 is 2.38 bits per heavy atom. The fourth-order valence-electron chi connectivity index (χ4n) is 0.957. The molecule has 0 saturated carbocycles. The van der Waals surface area contributed by atoms with Crippen LogP contribution < -0.4 is 5.32 Å². The van der Waals surface area contributed by atoms with E-state index < -0.39 is 0 Å². The Hall–Kier alpha value is -1.36. The molecule has 0 saturated heterocycles. The van der Waals surface area contributed by atoms with Gasteiger partial charge in [-0.3, -0.25) is 4.79 Å². The average Bonchev–Trinajstić information content (AvgIpc) is 2.66. The van der Waals surface area contributed by atoms with Gasteiger partial charge in [0, 0.05) is 11.3 Å². The zero-order valence-electron chi connectivity index (χ0n) is 9.74. The Morgan fingerprint density at radius 1 is 1.69 bits per heavy atom. The van der Waals surface area contributed by atoms with E-state index in [0.717, 1.165) is 0 Å². The molecule has 1 N–H and O–H groups in total. The third-order valence-corrected chi connectivity index (χ3v) is 2.62. The van der Waals surface area contributed by atoms with Crippen LogP contribution in [0.4, 0.5) is 5.13 Å². The lowest BCUT2D eigenvalue weighted by Crippen LogP contribution is -2.17. The van der Waals surface area contributed by atoms with Crippen LogP contribution in [0, 0.1) is 5.92 Å². The number of amides is 1. The lowest BCUT2D eigenvalue weighted by Gasteiger charge is -2.04. The van der Waals surface area contributed by atoms with Crippen LogP contribution in [0.5, 0.6) is 0 Å². The monoisotopic (exact) mass is 240 g/mol. The minimum atomic E-state index is -0.0533. The second kappa shape index (κ2) is 5.65. The first kappa shape index (κ1) is 12.7. The van der Waals surface area contributed by atoms with E-state index in [0.29, 0.717) is 23.2 Å². The highest BCUT2D eigenvalue weighted by Crippen LogP contribution is 2.21. The molecule has 16 heavy (non-hydrogen) atoms. The maximum absolute atomic E-state index is 11.4. The molecule has 0 aromatic carbocycles. The van der Waals surface area contributed by atoms with Gasteiger partial charge in [0.05, 0.1) is 6.61 Å². The third kappa shape index (κ3) is 3.34. The highest BCUT2D eigenvalue weighted by atomic mass is 32.1. The molecule has 1 amide bonds. The van der Waals surface area contributed by atoms with E-state index in [2.05, 4.69) is 16.9 Å². The molecule has 0 unspecified atom stereocenters. The van der Waals surface area contributed by atoms with Crippen molar-refractivity contribution in [3.8, 4) is 0 Å². The van der Waals surface area contributed by atoms with Crippen LogP contribution in [0.1, 0.15) is 26.5 Å². The van der Waals surface area contributed by atoms with Crippen molar-refractivity contribution in [1.82, 2.24) is 4.98 Å². The van der Waals surface area contributed by atoms with E-state index in [1.165, 1.54) is 11.3 Å². The van der Waals surface area contributed by atoms with Crippen LogP contribution in [-0.2, 0) is 9.53 Å². The van der Waals surface area contributed by atoms with Crippen molar-refractivity contribution in [2.75, 3.05) is 11.9 Å². The van der Waals surface area contributed by atoms with Gasteiger partial charge in [-0.1, -0.05) is 20.4 Å². The predicted octanol–water partition coefficient (Wildman–Crippen LogP) is 2.74. The molecule has 1 aromatic rings. The van der Waals surface area contributed by atoms with Crippen LogP contribution in [0.15, 0.2) is 12.0 Å². The number of rotatable bonds is 5. The van der Waals surface area contributed by atoms with Crippen LogP contribution in [-0.4, -0.2) is 17.5 Å².